The first kappa shape index (κ1) is 13.9. The summed E-state index contributed by atoms with van der Waals surface area (Å²) in [5.74, 6) is -0.131. The number of carboxylic acids is 1. The maximum Gasteiger partial charge on any atom is 0.323 e. The Morgan fingerprint density at radius 2 is 2.35 bits per heavy atom. The van der Waals surface area contributed by atoms with Crippen LogP contribution in [0.2, 0.25) is 0 Å². The first-order chi connectivity index (χ1) is 8.08. The number of likely N-dealkylation sites (N-methyl/N-ethyl adjacent to an activating group) is 1. The zero-order valence-corrected chi connectivity index (χ0v) is 10.8. The number of carboxylic acid groups (broad SMARTS) is 1. The highest BCUT2D eigenvalue weighted by molar-refractivity contribution is 7.99. The third kappa shape index (κ3) is 4.32. The second-order valence-corrected chi connectivity index (χ2v) is 4.92. The number of thioether (sulfide) groups is 1. The fraction of sp³-hybridized carbons (Fsp3) is 0.545. The summed E-state index contributed by atoms with van der Waals surface area (Å²) in [6, 6.07) is 0. The van der Waals surface area contributed by atoms with Crippen molar-refractivity contribution in [2.45, 2.75) is 30.8 Å². The van der Waals surface area contributed by atoms with Crippen molar-refractivity contribution in [2.24, 2.45) is 0 Å². The number of aromatic nitrogens is 2. The molecule has 0 aromatic carbocycles. The minimum absolute atomic E-state index is 0.539. The van der Waals surface area contributed by atoms with Crippen LogP contribution >= 0.6 is 11.8 Å². The largest absolute Gasteiger partial charge is 0.480 e. The van der Waals surface area contributed by atoms with Crippen molar-refractivity contribution in [1.82, 2.24) is 15.3 Å². The number of nitrogens with zero attached hydrogens (tertiary/aromatic N) is 2. The van der Waals surface area contributed by atoms with E-state index in [-0.39, 0.29) is 0 Å². The van der Waals surface area contributed by atoms with Crippen molar-refractivity contribution in [2.75, 3.05) is 12.3 Å². The van der Waals surface area contributed by atoms with Gasteiger partial charge in [-0.15, -0.1) is 11.8 Å². The standard InChI is InChI=1S/C11H17N3O2S/c1-3-14-11(2,10(15)16)4-7-17-9-8-12-5-6-13-9/h5-6,8,14H,3-4,7H2,1-2H3,(H,15,16). The van der Waals surface area contributed by atoms with Gasteiger partial charge in [-0.25, -0.2) is 4.98 Å². The summed E-state index contributed by atoms with van der Waals surface area (Å²) in [5.41, 5.74) is -0.871. The number of carbonyl (C=O) groups is 1. The Hall–Kier alpha value is -1.14. The van der Waals surface area contributed by atoms with Gasteiger partial charge in [0.05, 0.1) is 6.20 Å². The zero-order chi connectivity index (χ0) is 12.7. The van der Waals surface area contributed by atoms with E-state index < -0.39 is 11.5 Å². The van der Waals surface area contributed by atoms with Gasteiger partial charge >= 0.3 is 5.97 Å². The van der Waals surface area contributed by atoms with E-state index in [0.29, 0.717) is 18.7 Å². The highest BCUT2D eigenvalue weighted by Crippen LogP contribution is 2.19. The molecule has 1 unspecified atom stereocenters. The van der Waals surface area contributed by atoms with Crippen LogP contribution in [0.1, 0.15) is 20.3 Å². The lowest BCUT2D eigenvalue weighted by molar-refractivity contribution is -0.144. The van der Waals surface area contributed by atoms with Crippen molar-refractivity contribution in [3.05, 3.63) is 18.6 Å². The lowest BCUT2D eigenvalue weighted by Crippen LogP contribution is -2.49. The topological polar surface area (TPSA) is 75.1 Å². The van der Waals surface area contributed by atoms with Gasteiger partial charge in [0.15, 0.2) is 0 Å². The zero-order valence-electron chi connectivity index (χ0n) is 10.0. The molecule has 6 heteroatoms. The van der Waals surface area contributed by atoms with Gasteiger partial charge in [-0.3, -0.25) is 9.78 Å². The van der Waals surface area contributed by atoms with E-state index in [1.807, 2.05) is 6.92 Å². The van der Waals surface area contributed by atoms with Gasteiger partial charge in [0.25, 0.3) is 0 Å². The highest BCUT2D eigenvalue weighted by atomic mass is 32.2. The van der Waals surface area contributed by atoms with Gasteiger partial charge in [0.1, 0.15) is 10.6 Å². The van der Waals surface area contributed by atoms with Crippen LogP contribution in [0, 0.1) is 0 Å². The van der Waals surface area contributed by atoms with E-state index in [1.54, 1.807) is 25.5 Å². The van der Waals surface area contributed by atoms with E-state index in [4.69, 9.17) is 5.11 Å². The van der Waals surface area contributed by atoms with Gasteiger partial charge in [0, 0.05) is 18.1 Å². The summed E-state index contributed by atoms with van der Waals surface area (Å²) >= 11 is 1.51. The molecule has 2 N–H and O–H groups in total. The molecule has 1 rings (SSSR count). The first-order valence-corrected chi connectivity index (χ1v) is 6.44. The molecule has 0 amide bonds. The van der Waals surface area contributed by atoms with Gasteiger partial charge in [0.2, 0.25) is 0 Å². The lowest BCUT2D eigenvalue weighted by Gasteiger charge is -2.25. The third-order valence-corrected chi connectivity index (χ3v) is 3.35. The number of aliphatic carboxylic acids is 1. The van der Waals surface area contributed by atoms with Crippen molar-refractivity contribution in [3.63, 3.8) is 0 Å². The minimum atomic E-state index is -0.871. The number of hydrogen-bond acceptors (Lipinski definition) is 5. The van der Waals surface area contributed by atoms with Crippen LogP contribution in [0.5, 0.6) is 0 Å². The van der Waals surface area contributed by atoms with Crippen LogP contribution in [0.25, 0.3) is 0 Å². The summed E-state index contributed by atoms with van der Waals surface area (Å²) < 4.78 is 0. The smallest absolute Gasteiger partial charge is 0.323 e. The third-order valence-electron chi connectivity index (χ3n) is 2.43. The van der Waals surface area contributed by atoms with Crippen LogP contribution in [0.3, 0.4) is 0 Å². The van der Waals surface area contributed by atoms with E-state index in [2.05, 4.69) is 15.3 Å². The molecule has 0 aliphatic heterocycles. The molecule has 0 fully saturated rings. The summed E-state index contributed by atoms with van der Waals surface area (Å²) in [5, 5.41) is 13.0. The van der Waals surface area contributed by atoms with Crippen LogP contribution < -0.4 is 5.32 Å². The quantitative estimate of drug-likeness (QED) is 0.718. The Kier molecular flexibility index (Phi) is 5.37. The van der Waals surface area contributed by atoms with Crippen molar-refractivity contribution >= 4 is 17.7 Å². The molecular formula is C11H17N3O2S. The van der Waals surface area contributed by atoms with Gasteiger partial charge in [-0.1, -0.05) is 6.92 Å². The molecule has 0 bridgehead atoms. The first-order valence-electron chi connectivity index (χ1n) is 5.45. The molecular weight excluding hydrogens is 238 g/mol. The van der Waals surface area contributed by atoms with Crippen LogP contribution in [0.4, 0.5) is 0 Å². The van der Waals surface area contributed by atoms with Crippen LogP contribution in [-0.4, -0.2) is 38.9 Å². The Morgan fingerprint density at radius 3 is 2.88 bits per heavy atom. The second-order valence-electron chi connectivity index (χ2n) is 3.81. The SMILES string of the molecule is CCNC(C)(CCSc1cnccn1)C(=O)O. The van der Waals surface area contributed by atoms with E-state index in [1.165, 1.54) is 11.8 Å². The molecule has 1 heterocycles. The monoisotopic (exact) mass is 255 g/mol. The lowest BCUT2D eigenvalue weighted by atomic mass is 9.99. The van der Waals surface area contributed by atoms with E-state index in [0.717, 1.165) is 5.03 Å². The minimum Gasteiger partial charge on any atom is -0.480 e. The molecule has 17 heavy (non-hydrogen) atoms. The van der Waals surface area contributed by atoms with Crippen LogP contribution in [0.15, 0.2) is 23.6 Å². The maximum absolute atomic E-state index is 11.2. The molecule has 94 valence electrons. The average molecular weight is 255 g/mol. The van der Waals surface area contributed by atoms with Gasteiger partial charge in [-0.2, -0.15) is 0 Å². The normalized spacial score (nSPS) is 14.2. The second kappa shape index (κ2) is 6.56. The van der Waals surface area contributed by atoms with Gasteiger partial charge in [-0.05, 0) is 19.9 Å². The fourth-order valence-corrected chi connectivity index (χ4v) is 2.37. The van der Waals surface area contributed by atoms with E-state index >= 15 is 0 Å². The number of hydrogen-bond donors (Lipinski definition) is 2. The van der Waals surface area contributed by atoms with Gasteiger partial charge < -0.3 is 10.4 Å². The molecule has 0 saturated heterocycles. The summed E-state index contributed by atoms with van der Waals surface area (Å²) in [4.78, 5) is 19.2. The maximum atomic E-state index is 11.2. The molecule has 1 atom stereocenters. The molecule has 1 aromatic heterocycles. The predicted octanol–water partition coefficient (Wildman–Crippen LogP) is 1.41. The van der Waals surface area contributed by atoms with Crippen molar-refractivity contribution in [1.29, 1.82) is 0 Å². The summed E-state index contributed by atoms with van der Waals surface area (Å²) in [6.45, 7) is 4.24. The summed E-state index contributed by atoms with van der Waals surface area (Å²) in [6.07, 6.45) is 5.46. The van der Waals surface area contributed by atoms with E-state index in [9.17, 15) is 4.79 Å². The van der Waals surface area contributed by atoms with Crippen molar-refractivity contribution < 1.29 is 9.90 Å². The molecule has 1 aromatic rings. The highest BCUT2D eigenvalue weighted by Gasteiger charge is 2.31. The number of nitrogens with one attached hydrogen (secondary N) is 1. The fourth-order valence-electron chi connectivity index (χ4n) is 1.38. The molecule has 0 aliphatic carbocycles. The van der Waals surface area contributed by atoms with Crippen LogP contribution in [-0.2, 0) is 4.79 Å². The Labute approximate surface area is 105 Å². The predicted molar refractivity (Wildman–Crippen MR) is 67.1 cm³/mol. The Morgan fingerprint density at radius 1 is 1.59 bits per heavy atom. The Balaban J connectivity index is 2.45. The molecule has 0 radical (unpaired) electrons. The molecule has 0 aliphatic rings. The summed E-state index contributed by atoms with van der Waals surface area (Å²) in [7, 11) is 0. The Bertz CT molecular complexity index is 361. The average Bonchev–Trinajstić information content (AvgIpc) is 2.30. The molecule has 0 saturated carbocycles. The van der Waals surface area contributed by atoms with Crippen molar-refractivity contribution in [3.8, 4) is 0 Å². The molecule has 0 spiro atoms. The number of rotatable bonds is 7. The molecule has 5 nitrogen and oxygen atoms in total.